The number of thiazole rings is 1. The van der Waals surface area contributed by atoms with Gasteiger partial charge >= 0.3 is 5.97 Å². The van der Waals surface area contributed by atoms with E-state index in [4.69, 9.17) is 23.4 Å². The number of furan rings is 1. The second-order valence-electron chi connectivity index (χ2n) is 9.25. The highest BCUT2D eigenvalue weighted by atomic mass is 32.1. The standard InChI is InChI=1S/C30H27N3O9S/c1-6-41-29(35)26-16(2)31-30-32(27(26)21-14-18(38-3)8-11-22(21)39-4)28(34)25(43-30)15-19-9-12-23(42-19)20-10-7-17(33(36)37)13-24(20)40-5/h7-15,27H,6H2,1-5H3/b25-15+. The van der Waals surface area contributed by atoms with E-state index in [1.807, 2.05) is 0 Å². The third kappa shape index (κ3) is 5.42. The molecule has 0 fully saturated rings. The first-order chi connectivity index (χ1) is 20.7. The van der Waals surface area contributed by atoms with Crippen LogP contribution < -0.4 is 29.1 Å². The van der Waals surface area contributed by atoms with Crippen molar-refractivity contribution in [3.05, 3.63) is 101 Å². The number of ether oxygens (including phenoxy) is 4. The first kappa shape index (κ1) is 29.3. The van der Waals surface area contributed by atoms with Crippen LogP contribution >= 0.6 is 11.3 Å². The van der Waals surface area contributed by atoms with Gasteiger partial charge in [-0.2, -0.15) is 0 Å². The van der Waals surface area contributed by atoms with Crippen molar-refractivity contribution in [2.24, 2.45) is 4.99 Å². The molecule has 13 heteroatoms. The Hall–Kier alpha value is -5.17. The minimum atomic E-state index is -0.904. The zero-order valence-electron chi connectivity index (χ0n) is 23.9. The molecule has 1 aliphatic rings. The molecule has 0 radical (unpaired) electrons. The van der Waals surface area contributed by atoms with E-state index in [2.05, 4.69) is 4.99 Å². The number of nitrogens with zero attached hydrogens (tertiary/aromatic N) is 3. The predicted molar refractivity (Wildman–Crippen MR) is 157 cm³/mol. The molecule has 2 aromatic heterocycles. The van der Waals surface area contributed by atoms with E-state index in [0.717, 1.165) is 11.3 Å². The number of benzene rings is 2. The summed E-state index contributed by atoms with van der Waals surface area (Å²) in [5.74, 6) is 1.39. The molecule has 5 rings (SSSR count). The molecule has 12 nitrogen and oxygen atoms in total. The van der Waals surface area contributed by atoms with Crippen molar-refractivity contribution >= 4 is 29.1 Å². The molecular formula is C30H27N3O9S. The molecule has 0 aliphatic carbocycles. The lowest BCUT2D eigenvalue weighted by Gasteiger charge is -2.26. The van der Waals surface area contributed by atoms with Crippen LogP contribution in [0.25, 0.3) is 17.4 Å². The van der Waals surface area contributed by atoms with Crippen molar-refractivity contribution in [2.45, 2.75) is 19.9 Å². The molecule has 4 aromatic rings. The zero-order chi connectivity index (χ0) is 30.8. The number of aromatic nitrogens is 1. The predicted octanol–water partition coefficient (Wildman–Crippen LogP) is 3.99. The molecule has 0 saturated carbocycles. The van der Waals surface area contributed by atoms with Gasteiger partial charge in [-0.1, -0.05) is 11.3 Å². The van der Waals surface area contributed by atoms with Gasteiger partial charge in [-0.15, -0.1) is 0 Å². The molecule has 1 aliphatic heterocycles. The minimum Gasteiger partial charge on any atom is -0.497 e. The molecule has 1 atom stereocenters. The summed E-state index contributed by atoms with van der Waals surface area (Å²) in [6, 6.07) is 11.8. The largest absolute Gasteiger partial charge is 0.497 e. The van der Waals surface area contributed by atoms with Gasteiger partial charge in [0.15, 0.2) is 4.80 Å². The average molecular weight is 606 g/mol. The summed E-state index contributed by atoms with van der Waals surface area (Å²) >= 11 is 1.14. The lowest BCUT2D eigenvalue weighted by atomic mass is 9.95. The molecule has 0 bridgehead atoms. The maximum atomic E-state index is 14.0. The van der Waals surface area contributed by atoms with Crippen molar-refractivity contribution in [2.75, 3.05) is 27.9 Å². The van der Waals surface area contributed by atoms with Crippen LogP contribution in [-0.4, -0.2) is 43.4 Å². The zero-order valence-corrected chi connectivity index (χ0v) is 24.7. The van der Waals surface area contributed by atoms with Crippen LogP contribution in [0.1, 0.15) is 31.2 Å². The van der Waals surface area contributed by atoms with Crippen LogP contribution in [0.3, 0.4) is 0 Å². The number of methoxy groups -OCH3 is 3. The Labute approximate surface area is 248 Å². The number of allylic oxidation sites excluding steroid dienone is 1. The number of non-ortho nitro benzene ring substituents is 1. The number of nitro groups is 1. The molecular weight excluding hydrogens is 578 g/mol. The van der Waals surface area contributed by atoms with E-state index < -0.39 is 22.5 Å². The molecule has 2 aromatic carbocycles. The van der Waals surface area contributed by atoms with Crippen LogP contribution in [0.4, 0.5) is 5.69 Å². The molecule has 3 heterocycles. The highest BCUT2D eigenvalue weighted by Crippen LogP contribution is 2.38. The first-order valence-electron chi connectivity index (χ1n) is 13.0. The minimum absolute atomic E-state index is 0.117. The number of nitro benzene ring substituents is 1. The topological polar surface area (TPSA) is 145 Å². The van der Waals surface area contributed by atoms with Gasteiger partial charge in [0.05, 0.1) is 60.3 Å². The van der Waals surface area contributed by atoms with Crippen LogP contribution in [0.15, 0.2) is 74.0 Å². The third-order valence-corrected chi connectivity index (χ3v) is 7.79. The van der Waals surface area contributed by atoms with E-state index in [9.17, 15) is 19.7 Å². The number of carbonyl (C=O) groups excluding carboxylic acids is 1. The van der Waals surface area contributed by atoms with E-state index >= 15 is 0 Å². The first-order valence-corrected chi connectivity index (χ1v) is 13.9. The maximum absolute atomic E-state index is 14.0. The van der Waals surface area contributed by atoms with Crippen LogP contribution in [0.5, 0.6) is 17.2 Å². The summed E-state index contributed by atoms with van der Waals surface area (Å²) in [4.78, 5) is 42.8. The number of fused-ring (bicyclic) bond motifs is 1. The Morgan fingerprint density at radius 3 is 2.53 bits per heavy atom. The highest BCUT2D eigenvalue weighted by molar-refractivity contribution is 7.07. The second-order valence-corrected chi connectivity index (χ2v) is 10.3. The molecule has 222 valence electrons. The van der Waals surface area contributed by atoms with E-state index in [1.165, 1.54) is 44.1 Å². The number of esters is 1. The fourth-order valence-electron chi connectivity index (χ4n) is 4.84. The smallest absolute Gasteiger partial charge is 0.338 e. The van der Waals surface area contributed by atoms with Crippen molar-refractivity contribution < 1.29 is 33.1 Å². The van der Waals surface area contributed by atoms with Crippen LogP contribution in [0.2, 0.25) is 0 Å². The summed E-state index contributed by atoms with van der Waals surface area (Å²) in [6.45, 7) is 3.54. The lowest BCUT2D eigenvalue weighted by molar-refractivity contribution is -0.384. The molecule has 1 unspecified atom stereocenters. The Kier molecular flexibility index (Phi) is 8.17. The number of hydrogen-bond donors (Lipinski definition) is 0. The van der Waals surface area contributed by atoms with E-state index in [1.54, 1.807) is 50.3 Å². The summed E-state index contributed by atoms with van der Waals surface area (Å²) in [6.07, 6.45) is 1.58. The fourth-order valence-corrected chi connectivity index (χ4v) is 5.87. The average Bonchev–Trinajstić information content (AvgIpc) is 3.59. The number of rotatable bonds is 9. The van der Waals surface area contributed by atoms with Gasteiger partial charge in [0.2, 0.25) is 0 Å². The quantitative estimate of drug-likeness (QED) is 0.157. The van der Waals surface area contributed by atoms with Crippen LogP contribution in [-0.2, 0) is 9.53 Å². The van der Waals surface area contributed by atoms with E-state index in [0.29, 0.717) is 49.2 Å². The maximum Gasteiger partial charge on any atom is 0.338 e. The summed E-state index contributed by atoms with van der Waals surface area (Å²) in [5.41, 5.74) is 1.13. The van der Waals surface area contributed by atoms with Crippen molar-refractivity contribution in [3.8, 4) is 28.6 Å². The SMILES string of the molecule is CCOC(=O)C1=C(C)N=c2s/c(=C/c3ccc(-c4ccc([N+](=O)[O-])cc4OC)o3)c(=O)n2C1c1cc(OC)ccc1OC. The van der Waals surface area contributed by atoms with Gasteiger partial charge < -0.3 is 23.4 Å². The van der Waals surface area contributed by atoms with Crippen molar-refractivity contribution in [1.82, 2.24) is 4.57 Å². The van der Waals surface area contributed by atoms with Gasteiger partial charge in [-0.05, 0) is 50.2 Å². The molecule has 0 spiro atoms. The van der Waals surface area contributed by atoms with Crippen LogP contribution in [0, 0.1) is 10.1 Å². The molecule has 43 heavy (non-hydrogen) atoms. The number of carbonyl (C=O) groups is 1. The molecule has 0 saturated heterocycles. The van der Waals surface area contributed by atoms with Crippen molar-refractivity contribution in [3.63, 3.8) is 0 Å². The molecule has 0 N–H and O–H groups in total. The Morgan fingerprint density at radius 1 is 1.09 bits per heavy atom. The van der Waals surface area contributed by atoms with Crippen molar-refractivity contribution in [1.29, 1.82) is 0 Å². The molecule has 0 amide bonds. The van der Waals surface area contributed by atoms with Gasteiger partial charge in [-0.25, -0.2) is 9.79 Å². The lowest BCUT2D eigenvalue weighted by Crippen LogP contribution is -2.40. The van der Waals surface area contributed by atoms with E-state index in [-0.39, 0.29) is 23.6 Å². The van der Waals surface area contributed by atoms with Gasteiger partial charge in [-0.3, -0.25) is 19.5 Å². The number of hydrogen-bond acceptors (Lipinski definition) is 11. The Morgan fingerprint density at radius 2 is 1.86 bits per heavy atom. The highest BCUT2D eigenvalue weighted by Gasteiger charge is 2.35. The monoisotopic (exact) mass is 605 g/mol. The summed E-state index contributed by atoms with van der Waals surface area (Å²) in [5, 5.41) is 11.2. The normalized spacial score (nSPS) is 14.6. The summed E-state index contributed by atoms with van der Waals surface area (Å²) < 4.78 is 29.5. The Bertz CT molecular complexity index is 1950. The van der Waals surface area contributed by atoms with Gasteiger partial charge in [0, 0.05) is 17.7 Å². The second kappa shape index (κ2) is 12.0. The fraction of sp³-hybridized carbons (Fsp3) is 0.233. The summed E-state index contributed by atoms with van der Waals surface area (Å²) in [7, 11) is 4.44. The Balaban J connectivity index is 1.66. The third-order valence-electron chi connectivity index (χ3n) is 6.81. The van der Waals surface area contributed by atoms with Gasteiger partial charge in [0.1, 0.15) is 34.8 Å². The van der Waals surface area contributed by atoms with Gasteiger partial charge in [0.25, 0.3) is 11.2 Å².